The lowest BCUT2D eigenvalue weighted by atomic mass is 9.31. The second-order valence-corrected chi connectivity index (χ2v) is 24.7. The third-order valence-corrected chi connectivity index (χ3v) is 19.4. The van der Waals surface area contributed by atoms with Crippen molar-refractivity contribution in [3.05, 3.63) is 303 Å². The standard InChI is InChI=1S/C83H60B2N4O3/c1-7-27-55(28-8-1)63-40-25-41-64(56-29-9-2-10-30-56)83(63)89-73-54-77-69(53-68(73)84-66-42-20-23-47-75(66)90-78-50-61(49-74(89)81(78)84)87(58-33-13-4-14-34-58)59-35-15-5-16-36-59)85-67-43-21-24-48-76(67)91-79-51-62(52-80(92-77)82(79)85)88(60-37-17-6-18-38-60)72-46-22-19-39-65(72)71-45-26-44-70(86-71)57-31-11-3-12-32-57/h1-2,4-10,13-30,33-54,57H,3,11-12,31-32H2. The fourth-order valence-corrected chi connectivity index (χ4v) is 15.3. The molecule has 0 saturated heterocycles. The quantitative estimate of drug-likeness (QED) is 0.120. The second-order valence-electron chi connectivity index (χ2n) is 24.7. The van der Waals surface area contributed by atoms with Crippen LogP contribution >= 0.6 is 0 Å². The summed E-state index contributed by atoms with van der Waals surface area (Å²) in [4.78, 5) is 12.7. The Morgan fingerprint density at radius 1 is 0.337 bits per heavy atom. The van der Waals surface area contributed by atoms with Crippen LogP contribution in [0.1, 0.15) is 43.7 Å². The first kappa shape index (κ1) is 53.7. The Bertz CT molecular complexity index is 4890. The van der Waals surface area contributed by atoms with E-state index < -0.39 is 0 Å². The summed E-state index contributed by atoms with van der Waals surface area (Å²) >= 11 is 0. The Labute approximate surface area is 537 Å². The van der Waals surface area contributed by atoms with Gasteiger partial charge in [0.1, 0.15) is 34.5 Å². The fourth-order valence-electron chi connectivity index (χ4n) is 15.3. The Morgan fingerprint density at radius 3 is 1.42 bits per heavy atom. The van der Waals surface area contributed by atoms with Crippen LogP contribution in [0.25, 0.3) is 33.5 Å². The van der Waals surface area contributed by atoms with Gasteiger partial charge in [0, 0.05) is 86.5 Å². The van der Waals surface area contributed by atoms with Crippen molar-refractivity contribution in [2.75, 3.05) is 14.7 Å². The van der Waals surface area contributed by atoms with E-state index in [1.54, 1.807) is 0 Å². The maximum Gasteiger partial charge on any atom is 0.260 e. The highest BCUT2D eigenvalue weighted by molar-refractivity contribution is 7.01. The van der Waals surface area contributed by atoms with Crippen molar-refractivity contribution in [1.82, 2.24) is 4.98 Å². The summed E-state index contributed by atoms with van der Waals surface area (Å²) < 4.78 is 22.3. The highest BCUT2D eigenvalue weighted by Gasteiger charge is 2.47. The van der Waals surface area contributed by atoms with Gasteiger partial charge in [-0.3, -0.25) is 4.98 Å². The molecule has 1 aliphatic carbocycles. The van der Waals surface area contributed by atoms with E-state index in [0.29, 0.717) is 5.92 Å². The van der Waals surface area contributed by atoms with Gasteiger partial charge < -0.3 is 28.9 Å². The zero-order valence-electron chi connectivity index (χ0n) is 50.6. The number of nitrogens with zero attached hydrogens (tertiary/aromatic N) is 4. The molecule has 1 saturated carbocycles. The van der Waals surface area contributed by atoms with E-state index in [2.05, 4.69) is 312 Å². The number of rotatable bonds is 11. The molecule has 0 amide bonds. The first-order valence-corrected chi connectivity index (χ1v) is 32.3. The average Bonchev–Trinajstić information content (AvgIpc) is 0.697. The maximum atomic E-state index is 7.74. The van der Waals surface area contributed by atoms with Crippen LogP contribution < -0.4 is 61.7 Å². The monoisotopic (exact) mass is 1180 g/mol. The summed E-state index contributed by atoms with van der Waals surface area (Å²) in [5, 5.41) is 0. The van der Waals surface area contributed by atoms with E-state index in [0.717, 1.165) is 152 Å². The van der Waals surface area contributed by atoms with Gasteiger partial charge in [-0.05, 0) is 124 Å². The smallest absolute Gasteiger partial charge is 0.260 e. The summed E-state index contributed by atoms with van der Waals surface area (Å²) in [5.74, 6) is 5.18. The molecule has 12 aromatic carbocycles. The van der Waals surface area contributed by atoms with Crippen LogP contribution in [0.2, 0.25) is 0 Å². The molecule has 13 aromatic rings. The van der Waals surface area contributed by atoms with Crippen LogP contribution in [0.4, 0.5) is 51.2 Å². The molecule has 0 unspecified atom stereocenters. The summed E-state index contributed by atoms with van der Waals surface area (Å²) in [6.07, 6.45) is 6.14. The lowest BCUT2D eigenvalue weighted by molar-refractivity contribution is 0.437. The number of hydrogen-bond acceptors (Lipinski definition) is 7. The van der Waals surface area contributed by atoms with Gasteiger partial charge in [-0.15, -0.1) is 0 Å². The van der Waals surface area contributed by atoms with Gasteiger partial charge in [-0.25, -0.2) is 0 Å². The highest BCUT2D eigenvalue weighted by atomic mass is 16.5. The molecule has 1 fully saturated rings. The highest BCUT2D eigenvalue weighted by Crippen LogP contribution is 2.53. The van der Waals surface area contributed by atoms with Crippen molar-refractivity contribution in [1.29, 1.82) is 0 Å². The third kappa shape index (κ3) is 9.01. The Balaban J connectivity index is 0.892. The number of benzene rings is 12. The van der Waals surface area contributed by atoms with Gasteiger partial charge in [0.05, 0.1) is 28.4 Å². The van der Waals surface area contributed by atoms with E-state index in [-0.39, 0.29) is 13.4 Å². The molecule has 0 radical (unpaired) electrons. The van der Waals surface area contributed by atoms with Gasteiger partial charge in [0.15, 0.2) is 0 Å². The minimum Gasteiger partial charge on any atom is -0.458 e. The number of pyridine rings is 1. The van der Waals surface area contributed by atoms with Crippen molar-refractivity contribution >= 4 is 97.4 Å². The Kier molecular flexibility index (Phi) is 13.0. The van der Waals surface area contributed by atoms with E-state index >= 15 is 0 Å². The summed E-state index contributed by atoms with van der Waals surface area (Å²) in [5.41, 5.74) is 23.0. The van der Waals surface area contributed by atoms with Crippen LogP contribution in [0.3, 0.4) is 0 Å². The second kappa shape index (κ2) is 22.3. The van der Waals surface area contributed by atoms with E-state index in [1.165, 1.54) is 37.8 Å². The van der Waals surface area contributed by atoms with Crippen molar-refractivity contribution in [3.8, 4) is 68.0 Å². The van der Waals surface area contributed by atoms with Crippen LogP contribution in [0, 0.1) is 0 Å². The van der Waals surface area contributed by atoms with Gasteiger partial charge in [0.2, 0.25) is 0 Å². The summed E-state index contributed by atoms with van der Waals surface area (Å²) in [6.45, 7) is -0.483. The third-order valence-electron chi connectivity index (χ3n) is 19.4. The van der Waals surface area contributed by atoms with Gasteiger partial charge in [-0.2, -0.15) is 0 Å². The number of ether oxygens (including phenoxy) is 3. The normalized spacial score (nSPS) is 13.8. The molecular weight excluding hydrogens is 1120 g/mol. The molecule has 92 heavy (non-hydrogen) atoms. The van der Waals surface area contributed by atoms with Gasteiger partial charge >= 0.3 is 0 Å². The van der Waals surface area contributed by atoms with Crippen LogP contribution in [-0.2, 0) is 0 Å². The van der Waals surface area contributed by atoms with E-state index in [4.69, 9.17) is 19.2 Å². The van der Waals surface area contributed by atoms with Gasteiger partial charge in [0.25, 0.3) is 13.4 Å². The predicted molar refractivity (Wildman–Crippen MR) is 379 cm³/mol. The molecule has 1 aromatic heterocycles. The zero-order valence-corrected chi connectivity index (χ0v) is 50.6. The van der Waals surface area contributed by atoms with Crippen molar-refractivity contribution in [2.24, 2.45) is 0 Å². The molecule has 5 heterocycles. The maximum absolute atomic E-state index is 7.74. The Morgan fingerprint density at radius 2 is 0.815 bits per heavy atom. The van der Waals surface area contributed by atoms with E-state index in [9.17, 15) is 0 Å². The largest absolute Gasteiger partial charge is 0.458 e. The number of anilines is 9. The molecule has 5 aliphatic rings. The number of aromatic nitrogens is 1. The minimum absolute atomic E-state index is 0.239. The molecule has 4 aliphatic heterocycles. The Hall–Kier alpha value is -11.3. The zero-order chi connectivity index (χ0) is 60.6. The SMILES string of the molecule is c1ccc(-c2cccc(-c3ccccc3)c2N2c3cc4c(cc3B3c5ccccc5Oc5cc(N(c6ccccc6)c6ccccc6)cc2c53)B2c3ccccc3Oc3cc(N(c5ccccc5)c5ccccc5-c5cccc(C6CCCCC6)n5)cc(c32)O4)cc1. The molecule has 0 N–H and O–H groups in total. The van der Waals surface area contributed by atoms with Crippen molar-refractivity contribution in [2.45, 2.75) is 38.0 Å². The lowest BCUT2D eigenvalue weighted by Crippen LogP contribution is -2.62. The number of hydrogen-bond donors (Lipinski definition) is 0. The topological polar surface area (TPSA) is 50.3 Å². The predicted octanol–water partition coefficient (Wildman–Crippen LogP) is 18.2. The van der Waals surface area contributed by atoms with Crippen LogP contribution in [0.5, 0.6) is 34.5 Å². The number of fused-ring (bicyclic) bond motifs is 8. The molecule has 9 heteroatoms. The van der Waals surface area contributed by atoms with Crippen LogP contribution in [-0.4, -0.2) is 18.4 Å². The summed E-state index contributed by atoms with van der Waals surface area (Å²) in [7, 11) is 0. The lowest BCUT2D eigenvalue weighted by Gasteiger charge is -2.43. The molecule has 7 nitrogen and oxygen atoms in total. The minimum atomic E-state index is -0.245. The first-order chi connectivity index (χ1) is 45.6. The molecular formula is C83H60B2N4O3. The average molecular weight is 1180 g/mol. The molecule has 0 spiro atoms. The van der Waals surface area contributed by atoms with E-state index in [1.807, 2.05) is 0 Å². The summed E-state index contributed by atoms with van der Waals surface area (Å²) in [6, 6.07) is 107. The van der Waals surface area contributed by atoms with Crippen molar-refractivity contribution in [3.63, 3.8) is 0 Å². The molecule has 18 rings (SSSR count). The molecule has 436 valence electrons. The first-order valence-electron chi connectivity index (χ1n) is 32.3. The fraction of sp³-hybridized carbons (Fsp3) is 0.0723. The van der Waals surface area contributed by atoms with Gasteiger partial charge in [-0.1, -0.05) is 219 Å². The van der Waals surface area contributed by atoms with Crippen molar-refractivity contribution < 1.29 is 14.2 Å². The number of para-hydroxylation sites is 7. The molecule has 0 bridgehead atoms. The molecule has 0 atom stereocenters. The van der Waals surface area contributed by atoms with Crippen LogP contribution in [0.15, 0.2) is 297 Å².